The number of aromatic amines is 2. The molecule has 9 nitrogen and oxygen atoms in total. The van der Waals surface area contributed by atoms with Gasteiger partial charge in [-0.15, -0.1) is 5.10 Å². The largest absolute Gasteiger partial charge is 0.311 e. The lowest BCUT2D eigenvalue weighted by Crippen LogP contribution is -2.24. The van der Waals surface area contributed by atoms with Gasteiger partial charge in [-0.1, -0.05) is 6.07 Å². The molecule has 122 valence electrons. The zero-order valence-electron chi connectivity index (χ0n) is 13.1. The minimum absolute atomic E-state index is 0.109. The summed E-state index contributed by atoms with van der Waals surface area (Å²) in [6.07, 6.45) is 1.53. The number of carbonyl (C=O) groups is 1. The normalized spacial score (nSPS) is 10.6. The third-order valence-electron chi connectivity index (χ3n) is 3.32. The molecule has 0 fully saturated rings. The molecule has 0 atom stereocenters. The molecule has 1 amide bonds. The second-order valence-electron chi connectivity index (χ2n) is 5.16. The van der Waals surface area contributed by atoms with E-state index in [1.807, 2.05) is 6.07 Å². The van der Waals surface area contributed by atoms with E-state index in [1.54, 1.807) is 32.2 Å². The standard InChI is InChI=1S/C15H15N7O2/c1-8-10(14(24)18-9(2)17-8)7-12(23)19-15-20-13(21-22-15)11-5-3-4-6-16-11/h3-6H,7H2,1-2H3,(H,17,18,24)(H2,19,20,21,22,23). The quantitative estimate of drug-likeness (QED) is 0.649. The number of aryl methyl sites for hydroxylation is 2. The second kappa shape index (κ2) is 6.41. The predicted molar refractivity (Wildman–Crippen MR) is 86.3 cm³/mol. The molecule has 0 radical (unpaired) electrons. The minimum Gasteiger partial charge on any atom is -0.311 e. The number of carbonyl (C=O) groups excluding carboxylic acids is 1. The zero-order valence-corrected chi connectivity index (χ0v) is 13.1. The summed E-state index contributed by atoms with van der Waals surface area (Å²) in [5.74, 6) is 0.670. The summed E-state index contributed by atoms with van der Waals surface area (Å²) >= 11 is 0. The summed E-state index contributed by atoms with van der Waals surface area (Å²) in [5.41, 5.74) is 1.13. The Balaban J connectivity index is 1.72. The molecule has 0 unspecified atom stereocenters. The van der Waals surface area contributed by atoms with E-state index in [4.69, 9.17) is 0 Å². The lowest BCUT2D eigenvalue weighted by molar-refractivity contribution is -0.115. The molecule has 0 bridgehead atoms. The molecule has 3 heterocycles. The maximum Gasteiger partial charge on any atom is 0.254 e. The van der Waals surface area contributed by atoms with Crippen LogP contribution in [0.15, 0.2) is 29.2 Å². The molecule has 0 saturated heterocycles. The van der Waals surface area contributed by atoms with Gasteiger partial charge >= 0.3 is 0 Å². The average molecular weight is 325 g/mol. The van der Waals surface area contributed by atoms with Gasteiger partial charge < -0.3 is 4.98 Å². The van der Waals surface area contributed by atoms with Crippen molar-refractivity contribution >= 4 is 11.9 Å². The van der Waals surface area contributed by atoms with E-state index < -0.39 is 5.91 Å². The number of nitrogens with zero attached hydrogens (tertiary/aromatic N) is 4. The lowest BCUT2D eigenvalue weighted by atomic mass is 10.1. The van der Waals surface area contributed by atoms with Crippen LogP contribution in [0.3, 0.4) is 0 Å². The van der Waals surface area contributed by atoms with E-state index in [9.17, 15) is 9.59 Å². The monoisotopic (exact) mass is 325 g/mol. The molecule has 0 aliphatic heterocycles. The van der Waals surface area contributed by atoms with Gasteiger partial charge in [-0.25, -0.2) is 4.98 Å². The third kappa shape index (κ3) is 3.35. The first-order chi connectivity index (χ1) is 11.5. The lowest BCUT2D eigenvalue weighted by Gasteiger charge is -2.04. The van der Waals surface area contributed by atoms with Crippen LogP contribution in [-0.4, -0.2) is 36.0 Å². The van der Waals surface area contributed by atoms with Gasteiger partial charge in [0.2, 0.25) is 11.9 Å². The van der Waals surface area contributed by atoms with Crippen molar-refractivity contribution in [1.82, 2.24) is 30.1 Å². The van der Waals surface area contributed by atoms with Gasteiger partial charge in [0.15, 0.2) is 5.82 Å². The topological polar surface area (TPSA) is 129 Å². The molecular formula is C15H15N7O2. The summed E-state index contributed by atoms with van der Waals surface area (Å²) in [4.78, 5) is 39.1. The number of rotatable bonds is 4. The zero-order chi connectivity index (χ0) is 17.1. The molecule has 9 heteroatoms. The van der Waals surface area contributed by atoms with Gasteiger partial charge in [-0.2, -0.15) is 4.98 Å². The van der Waals surface area contributed by atoms with Crippen molar-refractivity contribution in [3.8, 4) is 11.5 Å². The third-order valence-corrected chi connectivity index (χ3v) is 3.32. The van der Waals surface area contributed by atoms with Crippen LogP contribution in [0.25, 0.3) is 11.5 Å². The van der Waals surface area contributed by atoms with Gasteiger partial charge in [0, 0.05) is 17.5 Å². The van der Waals surface area contributed by atoms with E-state index in [1.165, 1.54) is 0 Å². The molecule has 3 N–H and O–H groups in total. The van der Waals surface area contributed by atoms with Crippen LogP contribution in [0.2, 0.25) is 0 Å². The van der Waals surface area contributed by atoms with Crippen LogP contribution in [0.5, 0.6) is 0 Å². The summed E-state index contributed by atoms with van der Waals surface area (Å²) in [6, 6.07) is 5.38. The van der Waals surface area contributed by atoms with Gasteiger partial charge in [0.25, 0.3) is 5.56 Å². The molecule has 0 saturated carbocycles. The molecule has 3 aromatic rings. The van der Waals surface area contributed by atoms with Crippen molar-refractivity contribution in [3.05, 3.63) is 51.8 Å². The fourth-order valence-corrected chi connectivity index (χ4v) is 2.22. The summed E-state index contributed by atoms with van der Waals surface area (Å²) < 4.78 is 0. The number of hydrogen-bond donors (Lipinski definition) is 3. The number of pyridine rings is 1. The van der Waals surface area contributed by atoms with Gasteiger partial charge in [0.05, 0.1) is 6.42 Å². The first-order valence-corrected chi connectivity index (χ1v) is 7.23. The van der Waals surface area contributed by atoms with Crippen molar-refractivity contribution in [2.24, 2.45) is 0 Å². The number of nitrogens with one attached hydrogen (secondary N) is 3. The van der Waals surface area contributed by atoms with Crippen LogP contribution in [-0.2, 0) is 11.2 Å². The first-order valence-electron chi connectivity index (χ1n) is 7.23. The van der Waals surface area contributed by atoms with E-state index in [2.05, 4.69) is 35.5 Å². The molecule has 0 aromatic carbocycles. The van der Waals surface area contributed by atoms with Crippen LogP contribution >= 0.6 is 0 Å². The van der Waals surface area contributed by atoms with E-state index in [0.29, 0.717) is 28.6 Å². The molecular weight excluding hydrogens is 310 g/mol. The number of H-pyrrole nitrogens is 2. The first kappa shape index (κ1) is 15.5. The Bertz CT molecular complexity index is 930. The smallest absolute Gasteiger partial charge is 0.254 e. The molecule has 24 heavy (non-hydrogen) atoms. The number of anilines is 1. The van der Waals surface area contributed by atoms with E-state index in [-0.39, 0.29) is 17.9 Å². The highest BCUT2D eigenvalue weighted by atomic mass is 16.2. The number of hydrogen-bond acceptors (Lipinski definition) is 6. The van der Waals surface area contributed by atoms with E-state index in [0.717, 1.165) is 0 Å². The van der Waals surface area contributed by atoms with Crippen molar-refractivity contribution < 1.29 is 4.79 Å². The molecule has 3 aromatic heterocycles. The second-order valence-corrected chi connectivity index (χ2v) is 5.16. The van der Waals surface area contributed by atoms with Gasteiger partial charge in [-0.05, 0) is 26.0 Å². The summed E-state index contributed by atoms with van der Waals surface area (Å²) in [7, 11) is 0. The Morgan fingerprint density at radius 2 is 2.08 bits per heavy atom. The molecule has 0 spiro atoms. The summed E-state index contributed by atoms with van der Waals surface area (Å²) in [5, 5.41) is 9.18. The molecule has 0 aliphatic carbocycles. The van der Waals surface area contributed by atoms with Crippen molar-refractivity contribution in [3.63, 3.8) is 0 Å². The maximum absolute atomic E-state index is 12.1. The van der Waals surface area contributed by atoms with E-state index >= 15 is 0 Å². The minimum atomic E-state index is -0.402. The predicted octanol–water partition coefficient (Wildman–Crippen LogP) is 0.748. The van der Waals surface area contributed by atoms with Crippen LogP contribution < -0.4 is 10.9 Å². The fraction of sp³-hybridized carbons (Fsp3) is 0.200. The Morgan fingerprint density at radius 3 is 2.79 bits per heavy atom. The van der Waals surface area contributed by atoms with Crippen LogP contribution in [0.4, 0.5) is 5.95 Å². The van der Waals surface area contributed by atoms with Gasteiger partial charge in [0.1, 0.15) is 11.5 Å². The van der Waals surface area contributed by atoms with Crippen LogP contribution in [0.1, 0.15) is 17.1 Å². The number of aromatic nitrogens is 6. The highest BCUT2D eigenvalue weighted by Crippen LogP contribution is 2.12. The SMILES string of the molecule is Cc1nc(C)c(CC(=O)Nc2n[nH]c(-c3ccccn3)n2)c(=O)[nH]1. The highest BCUT2D eigenvalue weighted by Gasteiger charge is 2.14. The molecule has 3 rings (SSSR count). The fourth-order valence-electron chi connectivity index (χ4n) is 2.22. The van der Waals surface area contributed by atoms with Crippen molar-refractivity contribution in [1.29, 1.82) is 0 Å². The maximum atomic E-state index is 12.1. The Kier molecular flexibility index (Phi) is 4.15. The number of amides is 1. The van der Waals surface area contributed by atoms with Crippen molar-refractivity contribution in [2.45, 2.75) is 20.3 Å². The summed E-state index contributed by atoms with van der Waals surface area (Å²) in [6.45, 7) is 3.38. The molecule has 0 aliphatic rings. The Hall–Kier alpha value is -3.36. The average Bonchev–Trinajstić information content (AvgIpc) is 3.00. The Morgan fingerprint density at radius 1 is 1.25 bits per heavy atom. The van der Waals surface area contributed by atoms with Gasteiger partial charge in [-0.3, -0.25) is 25.0 Å². The van der Waals surface area contributed by atoms with Crippen LogP contribution in [0, 0.1) is 13.8 Å². The highest BCUT2D eigenvalue weighted by molar-refractivity contribution is 5.90. The Labute approximate surface area is 136 Å². The van der Waals surface area contributed by atoms with Crippen molar-refractivity contribution in [2.75, 3.05) is 5.32 Å².